The van der Waals surface area contributed by atoms with Crippen molar-refractivity contribution >= 4 is 21.6 Å². The lowest BCUT2D eigenvalue weighted by atomic mass is 9.90. The Bertz CT molecular complexity index is 576. The third-order valence-corrected chi connectivity index (χ3v) is 6.20. The van der Waals surface area contributed by atoms with E-state index in [1.54, 1.807) is 22.5 Å². The van der Waals surface area contributed by atoms with E-state index in [1.807, 2.05) is 0 Å². The van der Waals surface area contributed by atoms with Gasteiger partial charge in [0.1, 0.15) is 0 Å². The number of rotatable bonds is 2. The molecule has 0 aliphatic carbocycles. The van der Waals surface area contributed by atoms with E-state index in [2.05, 4.69) is 5.32 Å². The van der Waals surface area contributed by atoms with Crippen LogP contribution in [0.15, 0.2) is 29.2 Å². The summed E-state index contributed by atoms with van der Waals surface area (Å²) in [6, 6.07) is 6.50. The largest absolute Gasteiger partial charge is 0.316 e. The predicted molar refractivity (Wildman–Crippen MR) is 74.7 cm³/mol. The highest BCUT2D eigenvalue weighted by Crippen LogP contribution is 2.30. The Morgan fingerprint density at radius 2 is 2.05 bits per heavy atom. The van der Waals surface area contributed by atoms with Gasteiger partial charge in [0, 0.05) is 18.1 Å². The van der Waals surface area contributed by atoms with Gasteiger partial charge < -0.3 is 5.32 Å². The number of piperidine rings is 1. The summed E-state index contributed by atoms with van der Waals surface area (Å²) in [6.45, 7) is 3.17. The molecule has 0 aromatic heterocycles. The molecule has 4 nitrogen and oxygen atoms in total. The van der Waals surface area contributed by atoms with Crippen molar-refractivity contribution in [2.24, 2.45) is 11.8 Å². The number of benzene rings is 1. The number of hydrogen-bond donors (Lipinski definition) is 1. The summed E-state index contributed by atoms with van der Waals surface area (Å²) in [7, 11) is -3.40. The highest BCUT2D eigenvalue weighted by Gasteiger charge is 2.37. The average Bonchev–Trinajstić information content (AvgIpc) is 2.85. The Morgan fingerprint density at radius 3 is 2.84 bits per heavy atom. The molecule has 104 valence electrons. The first-order chi connectivity index (χ1) is 9.07. The molecule has 1 aromatic carbocycles. The SMILES string of the molecule is O=S(=O)(c1cccc(Cl)c1)N1CCC2CNCC2C1. The molecule has 0 amide bonds. The first-order valence-corrected chi connectivity index (χ1v) is 8.35. The molecule has 0 bridgehead atoms. The van der Waals surface area contributed by atoms with E-state index >= 15 is 0 Å². The number of nitrogens with zero attached hydrogens (tertiary/aromatic N) is 1. The third-order valence-electron chi connectivity index (χ3n) is 4.10. The second kappa shape index (κ2) is 5.05. The molecule has 6 heteroatoms. The fourth-order valence-corrected chi connectivity index (χ4v) is 4.81. The molecule has 0 radical (unpaired) electrons. The van der Waals surface area contributed by atoms with E-state index in [1.165, 1.54) is 6.07 Å². The fourth-order valence-electron chi connectivity index (χ4n) is 3.00. The summed E-state index contributed by atoms with van der Waals surface area (Å²) in [6.07, 6.45) is 0.942. The molecule has 3 rings (SSSR count). The maximum atomic E-state index is 12.6. The van der Waals surface area contributed by atoms with Crippen molar-refractivity contribution in [1.82, 2.24) is 9.62 Å². The number of sulfonamides is 1. The smallest absolute Gasteiger partial charge is 0.243 e. The summed E-state index contributed by atoms with van der Waals surface area (Å²) in [4.78, 5) is 0.296. The zero-order valence-corrected chi connectivity index (χ0v) is 12.1. The van der Waals surface area contributed by atoms with Crippen molar-refractivity contribution in [2.45, 2.75) is 11.3 Å². The van der Waals surface area contributed by atoms with Gasteiger partial charge in [-0.2, -0.15) is 4.31 Å². The lowest BCUT2D eigenvalue weighted by Gasteiger charge is -2.33. The highest BCUT2D eigenvalue weighted by atomic mass is 35.5. The van der Waals surface area contributed by atoms with Crippen molar-refractivity contribution in [3.8, 4) is 0 Å². The van der Waals surface area contributed by atoms with Crippen LogP contribution in [-0.4, -0.2) is 38.9 Å². The summed E-state index contributed by atoms with van der Waals surface area (Å²) < 4.78 is 26.8. The Hall–Kier alpha value is -0.620. The fraction of sp³-hybridized carbons (Fsp3) is 0.538. The first-order valence-electron chi connectivity index (χ1n) is 6.54. The van der Waals surface area contributed by atoms with Gasteiger partial charge in [0.05, 0.1) is 4.90 Å². The van der Waals surface area contributed by atoms with Crippen LogP contribution < -0.4 is 5.32 Å². The molecule has 1 aromatic rings. The van der Waals surface area contributed by atoms with Crippen LogP contribution in [0, 0.1) is 11.8 Å². The molecule has 2 saturated heterocycles. The van der Waals surface area contributed by atoms with Crippen LogP contribution in [-0.2, 0) is 10.0 Å². The minimum atomic E-state index is -3.40. The standard InChI is InChI=1S/C13H17ClN2O2S/c14-12-2-1-3-13(6-12)19(17,18)16-5-4-10-7-15-8-11(10)9-16/h1-3,6,10-11,15H,4-5,7-9H2. The van der Waals surface area contributed by atoms with Crippen molar-refractivity contribution in [3.05, 3.63) is 29.3 Å². The zero-order chi connectivity index (χ0) is 13.5. The zero-order valence-electron chi connectivity index (χ0n) is 10.5. The van der Waals surface area contributed by atoms with Crippen LogP contribution >= 0.6 is 11.6 Å². The predicted octanol–water partition coefficient (Wildman–Crippen LogP) is 1.57. The first kappa shape index (κ1) is 13.4. The molecular formula is C13H17ClN2O2S. The molecule has 2 unspecified atom stereocenters. The summed E-state index contributed by atoms with van der Waals surface area (Å²) >= 11 is 5.89. The van der Waals surface area contributed by atoms with E-state index in [4.69, 9.17) is 11.6 Å². The summed E-state index contributed by atoms with van der Waals surface area (Å²) in [5.74, 6) is 1.08. The van der Waals surface area contributed by atoms with Gasteiger partial charge in [-0.15, -0.1) is 0 Å². The molecule has 2 aliphatic heterocycles. The number of halogens is 1. The second-order valence-electron chi connectivity index (χ2n) is 5.29. The van der Waals surface area contributed by atoms with Crippen molar-refractivity contribution in [3.63, 3.8) is 0 Å². The quantitative estimate of drug-likeness (QED) is 0.902. The Morgan fingerprint density at radius 1 is 1.26 bits per heavy atom. The Balaban J connectivity index is 1.85. The van der Waals surface area contributed by atoms with E-state index in [9.17, 15) is 8.42 Å². The van der Waals surface area contributed by atoms with Gasteiger partial charge in [-0.1, -0.05) is 17.7 Å². The molecule has 2 aliphatic rings. The Kier molecular flexibility index (Phi) is 3.55. The minimum absolute atomic E-state index is 0.296. The van der Waals surface area contributed by atoms with E-state index in [0.717, 1.165) is 19.5 Å². The normalized spacial score (nSPS) is 28.3. The van der Waals surface area contributed by atoms with E-state index in [-0.39, 0.29) is 0 Å². The van der Waals surface area contributed by atoms with E-state index < -0.39 is 10.0 Å². The van der Waals surface area contributed by atoms with Gasteiger partial charge in [-0.25, -0.2) is 8.42 Å². The number of hydrogen-bond acceptors (Lipinski definition) is 3. The number of fused-ring (bicyclic) bond motifs is 1. The van der Waals surface area contributed by atoms with Gasteiger partial charge in [0.15, 0.2) is 0 Å². The average molecular weight is 301 g/mol. The van der Waals surface area contributed by atoms with Gasteiger partial charge >= 0.3 is 0 Å². The van der Waals surface area contributed by atoms with Crippen LogP contribution in [0.5, 0.6) is 0 Å². The molecule has 2 heterocycles. The molecule has 1 N–H and O–H groups in total. The maximum Gasteiger partial charge on any atom is 0.243 e. The summed E-state index contributed by atoms with van der Waals surface area (Å²) in [5, 5.41) is 3.80. The van der Waals surface area contributed by atoms with Gasteiger partial charge in [0.25, 0.3) is 0 Å². The molecule has 19 heavy (non-hydrogen) atoms. The lowest BCUT2D eigenvalue weighted by Crippen LogP contribution is -2.43. The van der Waals surface area contributed by atoms with Crippen LogP contribution in [0.2, 0.25) is 5.02 Å². The molecular weight excluding hydrogens is 284 g/mol. The van der Waals surface area contributed by atoms with Crippen LogP contribution in [0.4, 0.5) is 0 Å². The van der Waals surface area contributed by atoms with Gasteiger partial charge in [-0.05, 0) is 49.5 Å². The van der Waals surface area contributed by atoms with E-state index in [0.29, 0.717) is 34.8 Å². The van der Waals surface area contributed by atoms with Crippen LogP contribution in [0.25, 0.3) is 0 Å². The Labute approximate surface area is 118 Å². The molecule has 0 saturated carbocycles. The monoisotopic (exact) mass is 300 g/mol. The topological polar surface area (TPSA) is 49.4 Å². The van der Waals surface area contributed by atoms with Gasteiger partial charge in [-0.3, -0.25) is 0 Å². The number of nitrogens with one attached hydrogen (secondary N) is 1. The lowest BCUT2D eigenvalue weighted by molar-refractivity contribution is 0.228. The minimum Gasteiger partial charge on any atom is -0.316 e. The van der Waals surface area contributed by atoms with Gasteiger partial charge in [0.2, 0.25) is 10.0 Å². The molecule has 2 atom stereocenters. The van der Waals surface area contributed by atoms with Crippen molar-refractivity contribution in [1.29, 1.82) is 0 Å². The van der Waals surface area contributed by atoms with Crippen LogP contribution in [0.1, 0.15) is 6.42 Å². The molecule has 2 fully saturated rings. The van der Waals surface area contributed by atoms with Crippen LogP contribution in [0.3, 0.4) is 0 Å². The third kappa shape index (κ3) is 2.52. The molecule has 0 spiro atoms. The second-order valence-corrected chi connectivity index (χ2v) is 7.66. The maximum absolute atomic E-state index is 12.6. The van der Waals surface area contributed by atoms with Crippen molar-refractivity contribution in [2.75, 3.05) is 26.2 Å². The highest BCUT2D eigenvalue weighted by molar-refractivity contribution is 7.89. The summed E-state index contributed by atoms with van der Waals surface area (Å²) in [5.41, 5.74) is 0. The van der Waals surface area contributed by atoms with Crippen molar-refractivity contribution < 1.29 is 8.42 Å².